The molecule has 3 fully saturated rings. The van der Waals surface area contributed by atoms with Crippen LogP contribution in [0, 0.1) is 5.92 Å². The van der Waals surface area contributed by atoms with Gasteiger partial charge in [0.1, 0.15) is 5.67 Å². The van der Waals surface area contributed by atoms with Crippen molar-refractivity contribution in [1.82, 2.24) is 4.90 Å². The van der Waals surface area contributed by atoms with E-state index in [2.05, 4.69) is 4.90 Å². The van der Waals surface area contributed by atoms with Crippen molar-refractivity contribution in [3.63, 3.8) is 0 Å². The smallest absolute Gasteiger partial charge is 0.306 e. The molecule has 0 aromatic rings. The van der Waals surface area contributed by atoms with Gasteiger partial charge in [-0.15, -0.1) is 0 Å². The fraction of sp³-hybridized carbons (Fsp3) is 0.900. The number of rotatable bonds is 2. The van der Waals surface area contributed by atoms with Gasteiger partial charge in [-0.2, -0.15) is 0 Å². The molecule has 1 atom stereocenters. The van der Waals surface area contributed by atoms with Gasteiger partial charge in [0.15, 0.2) is 0 Å². The van der Waals surface area contributed by atoms with E-state index in [1.165, 1.54) is 0 Å². The number of carbonyl (C=O) groups is 1. The van der Waals surface area contributed by atoms with Crippen molar-refractivity contribution in [2.45, 2.75) is 31.4 Å². The molecule has 14 heavy (non-hydrogen) atoms. The molecule has 3 heterocycles. The standard InChI is InChI=1S/C10H16FNO2/c11-10(7-9(13)14)3-6-12-4-1-8(10)2-5-12/h8H,1-7H2,(H,13,14). The van der Waals surface area contributed by atoms with Crippen LogP contribution in [0.3, 0.4) is 0 Å². The summed E-state index contributed by atoms with van der Waals surface area (Å²) in [6.45, 7) is 2.60. The van der Waals surface area contributed by atoms with Crippen molar-refractivity contribution in [2.24, 2.45) is 5.92 Å². The van der Waals surface area contributed by atoms with Crippen LogP contribution in [0.1, 0.15) is 25.7 Å². The molecule has 0 saturated carbocycles. The lowest BCUT2D eigenvalue weighted by molar-refractivity contribution is -0.141. The van der Waals surface area contributed by atoms with Crippen molar-refractivity contribution in [3.8, 4) is 0 Å². The molecule has 80 valence electrons. The number of aliphatic carboxylic acids is 1. The first-order valence-electron chi connectivity index (χ1n) is 5.23. The normalized spacial score (nSPS) is 42.1. The lowest BCUT2D eigenvalue weighted by Gasteiger charge is -2.32. The van der Waals surface area contributed by atoms with Crippen LogP contribution in [-0.4, -0.2) is 41.3 Å². The molecule has 4 heteroatoms. The fourth-order valence-corrected chi connectivity index (χ4v) is 2.71. The third kappa shape index (κ3) is 1.75. The molecule has 0 aromatic carbocycles. The highest BCUT2D eigenvalue weighted by atomic mass is 19.1. The third-order valence-electron chi connectivity index (χ3n) is 3.61. The van der Waals surface area contributed by atoms with E-state index in [4.69, 9.17) is 5.11 Å². The topological polar surface area (TPSA) is 40.5 Å². The van der Waals surface area contributed by atoms with Gasteiger partial charge < -0.3 is 10.0 Å². The molecule has 0 radical (unpaired) electrons. The second-order valence-corrected chi connectivity index (χ2v) is 4.47. The number of hydrogen-bond acceptors (Lipinski definition) is 2. The average Bonchev–Trinajstić information content (AvgIpc) is 2.36. The number of carboxylic acids is 1. The second kappa shape index (κ2) is 3.50. The number of fused-ring (bicyclic) bond motifs is 4. The molecule has 0 aromatic heterocycles. The molecular formula is C10H16FNO2. The van der Waals surface area contributed by atoms with Gasteiger partial charge in [0.05, 0.1) is 6.42 Å². The minimum Gasteiger partial charge on any atom is -0.481 e. The average molecular weight is 201 g/mol. The third-order valence-corrected chi connectivity index (χ3v) is 3.61. The molecule has 1 N–H and O–H groups in total. The first kappa shape index (κ1) is 9.90. The number of hydrogen-bond donors (Lipinski definition) is 1. The van der Waals surface area contributed by atoms with E-state index in [0.717, 1.165) is 32.5 Å². The molecule has 0 amide bonds. The van der Waals surface area contributed by atoms with E-state index < -0.39 is 11.6 Å². The lowest BCUT2D eigenvalue weighted by Crippen LogP contribution is -2.37. The van der Waals surface area contributed by atoms with Crippen LogP contribution >= 0.6 is 0 Å². The minimum absolute atomic E-state index is 0.0302. The van der Waals surface area contributed by atoms with Crippen molar-refractivity contribution >= 4 is 5.97 Å². The van der Waals surface area contributed by atoms with E-state index in [1.54, 1.807) is 0 Å². The van der Waals surface area contributed by atoms with Crippen LogP contribution in [0.5, 0.6) is 0 Å². The van der Waals surface area contributed by atoms with E-state index in [-0.39, 0.29) is 12.3 Å². The predicted octanol–water partition coefficient (Wildman–Crippen LogP) is 1.29. The highest BCUT2D eigenvalue weighted by Crippen LogP contribution is 2.40. The van der Waals surface area contributed by atoms with E-state index in [9.17, 15) is 9.18 Å². The van der Waals surface area contributed by atoms with Gasteiger partial charge >= 0.3 is 5.97 Å². The van der Waals surface area contributed by atoms with Gasteiger partial charge in [0.2, 0.25) is 0 Å². The first-order chi connectivity index (χ1) is 6.60. The van der Waals surface area contributed by atoms with Gasteiger partial charge in [-0.1, -0.05) is 0 Å². The van der Waals surface area contributed by atoms with Crippen LogP contribution in [0.2, 0.25) is 0 Å². The summed E-state index contributed by atoms with van der Waals surface area (Å²) in [5.41, 5.74) is -1.45. The van der Waals surface area contributed by atoms with E-state index in [0.29, 0.717) is 6.42 Å². The summed E-state index contributed by atoms with van der Waals surface area (Å²) in [5, 5.41) is 8.70. The molecule has 3 aliphatic rings. The van der Waals surface area contributed by atoms with E-state index >= 15 is 0 Å². The number of carboxylic acid groups (broad SMARTS) is 1. The SMILES string of the molecule is O=C(O)CC1(F)CCN2CCC1CC2. The summed E-state index contributed by atoms with van der Waals surface area (Å²) in [5.74, 6) is -1.04. The number of piperidine rings is 1. The molecule has 0 aliphatic carbocycles. The van der Waals surface area contributed by atoms with Crippen LogP contribution in [-0.2, 0) is 4.79 Å². The fourth-order valence-electron chi connectivity index (χ4n) is 2.71. The summed E-state index contributed by atoms with van der Waals surface area (Å²) in [6.07, 6.45) is 1.73. The van der Waals surface area contributed by atoms with Gasteiger partial charge in [-0.25, -0.2) is 4.39 Å². The van der Waals surface area contributed by atoms with Gasteiger partial charge in [-0.3, -0.25) is 4.79 Å². The van der Waals surface area contributed by atoms with Gasteiger partial charge in [0.25, 0.3) is 0 Å². The summed E-state index contributed by atoms with van der Waals surface area (Å²) in [7, 11) is 0. The zero-order valence-electron chi connectivity index (χ0n) is 8.21. The van der Waals surface area contributed by atoms with Crippen LogP contribution < -0.4 is 0 Å². The Morgan fingerprint density at radius 2 is 2.07 bits per heavy atom. The van der Waals surface area contributed by atoms with Gasteiger partial charge in [-0.05, 0) is 38.3 Å². The molecule has 0 spiro atoms. The lowest BCUT2D eigenvalue weighted by atomic mass is 9.80. The second-order valence-electron chi connectivity index (χ2n) is 4.47. The highest BCUT2D eigenvalue weighted by molar-refractivity contribution is 5.68. The molecular weight excluding hydrogens is 185 g/mol. The molecule has 3 rings (SSSR count). The summed E-state index contributed by atoms with van der Waals surface area (Å²) in [6, 6.07) is 0. The number of nitrogens with zero attached hydrogens (tertiary/aromatic N) is 1. The Balaban J connectivity index is 2.12. The zero-order chi connectivity index (χ0) is 10.2. The van der Waals surface area contributed by atoms with E-state index in [1.807, 2.05) is 0 Å². The molecule has 1 unspecified atom stereocenters. The van der Waals surface area contributed by atoms with Crippen molar-refractivity contribution in [3.05, 3.63) is 0 Å². The monoisotopic (exact) mass is 201 g/mol. The molecule has 3 saturated heterocycles. The van der Waals surface area contributed by atoms with Crippen LogP contribution in [0.25, 0.3) is 0 Å². The Morgan fingerprint density at radius 3 is 2.64 bits per heavy atom. The Hall–Kier alpha value is -0.640. The Morgan fingerprint density at radius 1 is 1.43 bits per heavy atom. The maximum absolute atomic E-state index is 14.4. The highest BCUT2D eigenvalue weighted by Gasteiger charge is 2.45. The maximum atomic E-state index is 14.4. The number of halogens is 1. The van der Waals surface area contributed by atoms with Crippen LogP contribution in [0.4, 0.5) is 4.39 Å². The summed E-state index contributed by atoms with van der Waals surface area (Å²) in [4.78, 5) is 12.8. The van der Waals surface area contributed by atoms with Crippen molar-refractivity contribution in [1.29, 1.82) is 0 Å². The van der Waals surface area contributed by atoms with Gasteiger partial charge in [0, 0.05) is 6.54 Å². The minimum atomic E-state index is -1.45. The largest absolute Gasteiger partial charge is 0.481 e. The quantitative estimate of drug-likeness (QED) is 0.731. The Labute approximate surface area is 82.9 Å². The summed E-state index contributed by atoms with van der Waals surface area (Å²) >= 11 is 0. The van der Waals surface area contributed by atoms with Crippen LogP contribution in [0.15, 0.2) is 0 Å². The molecule has 3 nitrogen and oxygen atoms in total. The molecule has 3 aliphatic heterocycles. The Bertz CT molecular complexity index is 238. The maximum Gasteiger partial charge on any atom is 0.306 e. The predicted molar refractivity (Wildman–Crippen MR) is 49.9 cm³/mol. The molecule has 2 bridgehead atoms. The first-order valence-corrected chi connectivity index (χ1v) is 5.23. The number of alkyl halides is 1. The van der Waals surface area contributed by atoms with Crippen molar-refractivity contribution < 1.29 is 14.3 Å². The van der Waals surface area contributed by atoms with Crippen molar-refractivity contribution in [2.75, 3.05) is 19.6 Å². The Kier molecular flexibility index (Phi) is 2.47. The summed E-state index contributed by atoms with van der Waals surface area (Å²) < 4.78 is 14.4. The zero-order valence-corrected chi connectivity index (χ0v) is 8.21.